The summed E-state index contributed by atoms with van der Waals surface area (Å²) in [6.07, 6.45) is 47.7. The Balaban J connectivity index is 3.25. The Morgan fingerprint density at radius 2 is 0.467 bits per heavy atom. The Hall–Kier alpha value is 0.110. The van der Waals surface area contributed by atoms with Gasteiger partial charge >= 0.3 is 0 Å². The minimum absolute atomic E-state index is 0.263. The highest BCUT2D eigenvalue weighted by Gasteiger charge is 2.08. The molecule has 0 saturated heterocycles. The molecule has 0 fully saturated rings. The summed E-state index contributed by atoms with van der Waals surface area (Å²) >= 11 is 0. The van der Waals surface area contributed by atoms with Crippen LogP contribution in [0.2, 0.25) is 0 Å². The zero-order valence-electron chi connectivity index (χ0n) is 31.0. The summed E-state index contributed by atoms with van der Waals surface area (Å²) in [5.74, 6) is 0. The second-order valence-corrected chi connectivity index (χ2v) is 15.5. The van der Waals surface area contributed by atoms with Crippen LogP contribution < -0.4 is 4.89 Å². The third-order valence-corrected chi connectivity index (χ3v) is 10.5. The van der Waals surface area contributed by atoms with Gasteiger partial charge in [-0.05, 0) is 12.8 Å². The highest BCUT2D eigenvalue weighted by Crippen LogP contribution is 2.38. The van der Waals surface area contributed by atoms with Crippen LogP contribution in [0.3, 0.4) is 0 Å². The van der Waals surface area contributed by atoms with E-state index in [4.69, 9.17) is 9.05 Å². The van der Waals surface area contributed by atoms with Gasteiger partial charge in [0.1, 0.15) is 0 Å². The molecule has 0 aliphatic rings. The van der Waals surface area contributed by atoms with E-state index in [0.29, 0.717) is 0 Å². The second-order valence-electron chi connectivity index (χ2n) is 14.1. The number of rotatable bonds is 40. The van der Waals surface area contributed by atoms with Crippen molar-refractivity contribution in [2.45, 2.75) is 245 Å². The van der Waals surface area contributed by atoms with E-state index in [1.807, 2.05) is 0 Å². The molecular formula is C40H82O4P-. The van der Waals surface area contributed by atoms with Crippen molar-refractivity contribution in [1.29, 1.82) is 0 Å². The minimum Gasteiger partial charge on any atom is -0.756 e. The van der Waals surface area contributed by atoms with Crippen LogP contribution in [-0.4, -0.2) is 13.2 Å². The Kier molecular flexibility index (Phi) is 38.7. The fourth-order valence-corrected chi connectivity index (χ4v) is 7.18. The summed E-state index contributed by atoms with van der Waals surface area (Å²) in [7, 11) is -4.13. The topological polar surface area (TPSA) is 58.6 Å². The lowest BCUT2D eigenvalue weighted by atomic mass is 10.0. The van der Waals surface area contributed by atoms with Crippen LogP contribution in [0.4, 0.5) is 0 Å². The first-order valence-electron chi connectivity index (χ1n) is 20.7. The fourth-order valence-electron chi connectivity index (χ4n) is 6.40. The van der Waals surface area contributed by atoms with Crippen LogP contribution in [0.5, 0.6) is 0 Å². The summed E-state index contributed by atoms with van der Waals surface area (Å²) in [4.78, 5) is 12.0. The first-order valence-corrected chi connectivity index (χ1v) is 22.2. The minimum atomic E-state index is -4.13. The van der Waals surface area contributed by atoms with E-state index < -0.39 is 7.82 Å². The lowest BCUT2D eigenvalue weighted by Gasteiger charge is -2.22. The van der Waals surface area contributed by atoms with Crippen LogP contribution in [0.1, 0.15) is 245 Å². The van der Waals surface area contributed by atoms with E-state index >= 15 is 0 Å². The van der Waals surface area contributed by atoms with Gasteiger partial charge in [-0.1, -0.05) is 232 Å². The Morgan fingerprint density at radius 1 is 0.311 bits per heavy atom. The van der Waals surface area contributed by atoms with E-state index in [-0.39, 0.29) is 13.2 Å². The molecule has 0 amide bonds. The van der Waals surface area contributed by atoms with Gasteiger partial charge in [0.25, 0.3) is 7.82 Å². The molecule has 0 aromatic rings. The molecule has 0 aromatic heterocycles. The summed E-state index contributed by atoms with van der Waals surface area (Å²) in [5, 5.41) is 0. The average Bonchev–Trinajstić information content (AvgIpc) is 3.03. The second kappa shape index (κ2) is 38.6. The number of phosphoric ester groups is 1. The molecule has 0 unspecified atom stereocenters. The van der Waals surface area contributed by atoms with E-state index in [9.17, 15) is 9.46 Å². The molecule has 0 saturated carbocycles. The van der Waals surface area contributed by atoms with Crippen LogP contribution >= 0.6 is 7.82 Å². The van der Waals surface area contributed by atoms with Gasteiger partial charge in [-0.25, -0.2) is 0 Å². The molecule has 0 radical (unpaired) electrons. The van der Waals surface area contributed by atoms with Crippen molar-refractivity contribution >= 4 is 7.82 Å². The van der Waals surface area contributed by atoms with Crippen molar-refractivity contribution in [2.24, 2.45) is 0 Å². The third-order valence-electron chi connectivity index (χ3n) is 9.49. The molecule has 0 aromatic carbocycles. The zero-order chi connectivity index (χ0) is 32.8. The lowest BCUT2D eigenvalue weighted by Crippen LogP contribution is -2.10. The maximum Gasteiger partial charge on any atom is 0.267 e. The van der Waals surface area contributed by atoms with Gasteiger partial charge < -0.3 is 13.9 Å². The third kappa shape index (κ3) is 40.2. The van der Waals surface area contributed by atoms with E-state index in [2.05, 4.69) is 13.8 Å². The lowest BCUT2D eigenvalue weighted by molar-refractivity contribution is -0.225. The molecule has 0 rings (SSSR count). The van der Waals surface area contributed by atoms with Gasteiger partial charge in [-0.15, -0.1) is 0 Å². The summed E-state index contributed by atoms with van der Waals surface area (Å²) in [6, 6.07) is 0. The Morgan fingerprint density at radius 3 is 0.644 bits per heavy atom. The van der Waals surface area contributed by atoms with E-state index in [1.165, 1.54) is 205 Å². The highest BCUT2D eigenvalue weighted by atomic mass is 31.2. The molecule has 0 atom stereocenters. The van der Waals surface area contributed by atoms with Crippen LogP contribution in [0, 0.1) is 0 Å². The quantitative estimate of drug-likeness (QED) is 0.0486. The molecule has 5 heteroatoms. The first kappa shape index (κ1) is 45.1. The van der Waals surface area contributed by atoms with E-state index in [0.717, 1.165) is 25.7 Å². The van der Waals surface area contributed by atoms with Crippen LogP contribution in [0.25, 0.3) is 0 Å². The van der Waals surface area contributed by atoms with Crippen molar-refractivity contribution in [3.05, 3.63) is 0 Å². The molecule has 272 valence electrons. The maximum absolute atomic E-state index is 12.0. The van der Waals surface area contributed by atoms with Crippen molar-refractivity contribution in [1.82, 2.24) is 0 Å². The van der Waals surface area contributed by atoms with Gasteiger partial charge in [-0.2, -0.15) is 0 Å². The summed E-state index contributed by atoms with van der Waals surface area (Å²) in [5.41, 5.74) is 0. The molecule has 0 aliphatic carbocycles. The van der Waals surface area contributed by atoms with Gasteiger partial charge in [0, 0.05) is 0 Å². The standard InChI is InChI=1S/C40H83O4P/c1-3-5-7-9-11-13-15-17-19-21-23-25-27-29-31-33-35-37-39-43-45(41,42)44-40-38-36-34-32-30-28-26-24-22-20-18-16-14-12-10-8-6-4-2/h3-40H2,1-2H3,(H,41,42)/p-1. The van der Waals surface area contributed by atoms with Crippen molar-refractivity contribution in [2.75, 3.05) is 13.2 Å². The molecule has 45 heavy (non-hydrogen) atoms. The molecule has 0 heterocycles. The molecule has 4 nitrogen and oxygen atoms in total. The number of phosphoric acid groups is 1. The van der Waals surface area contributed by atoms with Gasteiger partial charge in [0.05, 0.1) is 13.2 Å². The molecular weight excluding hydrogens is 575 g/mol. The maximum atomic E-state index is 12.0. The van der Waals surface area contributed by atoms with Gasteiger partial charge in [-0.3, -0.25) is 4.57 Å². The van der Waals surface area contributed by atoms with E-state index in [1.54, 1.807) is 0 Å². The summed E-state index contributed by atoms with van der Waals surface area (Å²) < 4.78 is 22.1. The fraction of sp³-hybridized carbons (Fsp3) is 1.00. The Bertz CT molecular complexity index is 539. The SMILES string of the molecule is CCCCCCCCCCCCCCCCCCCCOP(=O)([O-])OCCCCCCCCCCCCCCCCCCCC. The van der Waals surface area contributed by atoms with Crippen molar-refractivity contribution < 1.29 is 18.5 Å². The van der Waals surface area contributed by atoms with Crippen LogP contribution in [0.15, 0.2) is 0 Å². The van der Waals surface area contributed by atoms with Gasteiger partial charge in [0.15, 0.2) is 0 Å². The molecule has 0 spiro atoms. The predicted octanol–water partition coefficient (Wildman–Crippen LogP) is 14.6. The normalized spacial score (nSPS) is 12.0. The highest BCUT2D eigenvalue weighted by molar-refractivity contribution is 7.45. The molecule has 0 bridgehead atoms. The Labute approximate surface area is 284 Å². The first-order chi connectivity index (χ1) is 22.1. The molecule has 0 N–H and O–H groups in total. The number of hydrogen-bond donors (Lipinski definition) is 0. The average molecular weight is 658 g/mol. The van der Waals surface area contributed by atoms with Crippen molar-refractivity contribution in [3.63, 3.8) is 0 Å². The smallest absolute Gasteiger partial charge is 0.267 e. The monoisotopic (exact) mass is 658 g/mol. The zero-order valence-corrected chi connectivity index (χ0v) is 31.8. The summed E-state index contributed by atoms with van der Waals surface area (Å²) in [6.45, 7) is 5.09. The largest absolute Gasteiger partial charge is 0.756 e. The molecule has 0 aliphatic heterocycles. The van der Waals surface area contributed by atoms with Gasteiger partial charge in [0.2, 0.25) is 0 Å². The number of hydrogen-bond acceptors (Lipinski definition) is 4. The van der Waals surface area contributed by atoms with Crippen molar-refractivity contribution in [3.8, 4) is 0 Å². The predicted molar refractivity (Wildman–Crippen MR) is 197 cm³/mol. The van der Waals surface area contributed by atoms with Crippen LogP contribution in [-0.2, 0) is 13.6 Å². The number of unbranched alkanes of at least 4 members (excludes halogenated alkanes) is 34.